The molecule has 0 fully saturated rings. The zero-order valence-electron chi connectivity index (χ0n) is 18.3. The maximum Gasteiger partial charge on any atom is 0.347 e. The molecule has 0 amide bonds. The van der Waals surface area contributed by atoms with Crippen LogP contribution in [0.4, 0.5) is 0 Å². The van der Waals surface area contributed by atoms with Crippen LogP contribution in [0.1, 0.15) is 19.4 Å². The van der Waals surface area contributed by atoms with Crippen LogP contribution in [0.2, 0.25) is 0 Å². The molecule has 1 aliphatic heterocycles. The summed E-state index contributed by atoms with van der Waals surface area (Å²) in [4.78, 5) is 33.0. The summed E-state index contributed by atoms with van der Waals surface area (Å²) in [6.07, 6.45) is 10.5. The molecule has 9 nitrogen and oxygen atoms in total. The second kappa shape index (κ2) is 9.74. The first kappa shape index (κ1) is 22.3. The number of esters is 1. The summed E-state index contributed by atoms with van der Waals surface area (Å²) in [7, 11) is 0. The van der Waals surface area contributed by atoms with Crippen molar-refractivity contribution in [3.63, 3.8) is 0 Å². The number of aliphatic hydroxyl groups excluding tert-OH is 1. The number of carbonyl (C=O) groups is 2. The van der Waals surface area contributed by atoms with E-state index in [0.29, 0.717) is 17.0 Å². The minimum absolute atomic E-state index is 0.0141. The van der Waals surface area contributed by atoms with Gasteiger partial charge in [-0.25, -0.2) is 9.78 Å². The largest absolute Gasteiger partial charge is 0.492 e. The molecule has 1 aliphatic carbocycles. The first-order chi connectivity index (χ1) is 16.0. The van der Waals surface area contributed by atoms with E-state index < -0.39 is 11.8 Å². The number of allylic oxidation sites excluding steroid dienone is 2. The number of rotatable bonds is 8. The van der Waals surface area contributed by atoms with Gasteiger partial charge in [0.1, 0.15) is 18.0 Å². The molecular formula is C24H25N3O6. The van der Waals surface area contributed by atoms with E-state index in [1.165, 1.54) is 0 Å². The molecule has 0 radical (unpaired) electrons. The van der Waals surface area contributed by atoms with E-state index in [0.717, 1.165) is 5.39 Å². The average molecular weight is 451 g/mol. The molecule has 2 aromatic heterocycles. The van der Waals surface area contributed by atoms with Crippen LogP contribution in [0.25, 0.3) is 17.1 Å². The van der Waals surface area contributed by atoms with E-state index >= 15 is 0 Å². The van der Waals surface area contributed by atoms with E-state index in [4.69, 9.17) is 19.3 Å². The van der Waals surface area contributed by atoms with Crippen LogP contribution in [0, 0.1) is 5.92 Å². The number of aliphatic hydroxyl groups is 1. The Balaban J connectivity index is 1.59. The van der Waals surface area contributed by atoms with Gasteiger partial charge in [0.05, 0.1) is 19.3 Å². The number of fused-ring (bicyclic) bond motifs is 1. The molecule has 0 saturated carbocycles. The Labute approximate surface area is 190 Å². The van der Waals surface area contributed by atoms with Crippen LogP contribution in [0.15, 0.2) is 65.7 Å². The fourth-order valence-electron chi connectivity index (χ4n) is 3.64. The lowest BCUT2D eigenvalue weighted by atomic mass is 9.96. The maximum atomic E-state index is 13.1. The highest BCUT2D eigenvalue weighted by atomic mass is 16.5. The summed E-state index contributed by atoms with van der Waals surface area (Å²) in [5, 5.41) is 12.9. The number of pyridine rings is 1. The highest BCUT2D eigenvalue weighted by molar-refractivity contribution is 6.26. The zero-order chi connectivity index (χ0) is 23.4. The average Bonchev–Trinajstić information content (AvgIpc) is 3.35. The second-order valence-corrected chi connectivity index (χ2v) is 7.54. The predicted molar refractivity (Wildman–Crippen MR) is 120 cm³/mol. The Bertz CT molecular complexity index is 1190. The molecule has 3 heterocycles. The SMILES string of the molecule is CCOC(=O)C1=C(NC2C=CC(OCCO)=CC2C)O/C(=C\c2c[nH]c3ncccc23)C1=O. The van der Waals surface area contributed by atoms with E-state index in [1.54, 1.807) is 37.5 Å². The molecule has 2 unspecified atom stereocenters. The molecule has 2 aliphatic rings. The van der Waals surface area contributed by atoms with Crippen LogP contribution in [-0.4, -0.2) is 52.7 Å². The van der Waals surface area contributed by atoms with E-state index in [9.17, 15) is 9.59 Å². The number of ketones is 1. The quantitative estimate of drug-likeness (QED) is 0.318. The third-order valence-electron chi connectivity index (χ3n) is 5.26. The topological polar surface area (TPSA) is 123 Å². The number of aromatic nitrogens is 2. The van der Waals surface area contributed by atoms with Crippen molar-refractivity contribution in [1.82, 2.24) is 15.3 Å². The lowest BCUT2D eigenvalue weighted by Gasteiger charge is -2.25. The third kappa shape index (κ3) is 4.68. The van der Waals surface area contributed by atoms with Gasteiger partial charge in [0, 0.05) is 29.3 Å². The first-order valence-corrected chi connectivity index (χ1v) is 10.7. The van der Waals surface area contributed by atoms with Crippen molar-refractivity contribution in [2.75, 3.05) is 19.8 Å². The third-order valence-corrected chi connectivity index (χ3v) is 5.26. The summed E-state index contributed by atoms with van der Waals surface area (Å²) < 4.78 is 16.4. The summed E-state index contributed by atoms with van der Waals surface area (Å²) in [6.45, 7) is 3.89. The first-order valence-electron chi connectivity index (χ1n) is 10.7. The Hall–Kier alpha value is -3.85. The Kier molecular flexibility index (Phi) is 6.60. The lowest BCUT2D eigenvalue weighted by Crippen LogP contribution is -2.34. The maximum absolute atomic E-state index is 13.1. The van der Waals surface area contributed by atoms with Crippen molar-refractivity contribution in [2.45, 2.75) is 19.9 Å². The van der Waals surface area contributed by atoms with Gasteiger partial charge >= 0.3 is 5.97 Å². The molecule has 0 aromatic carbocycles. The van der Waals surface area contributed by atoms with Crippen LogP contribution < -0.4 is 5.32 Å². The molecule has 9 heteroatoms. The highest BCUT2D eigenvalue weighted by Crippen LogP contribution is 2.30. The Morgan fingerprint density at radius 3 is 3.03 bits per heavy atom. The zero-order valence-corrected chi connectivity index (χ0v) is 18.3. The van der Waals surface area contributed by atoms with Crippen molar-refractivity contribution in [2.24, 2.45) is 5.92 Å². The van der Waals surface area contributed by atoms with Crippen LogP contribution in [0.5, 0.6) is 0 Å². The van der Waals surface area contributed by atoms with Crippen LogP contribution in [-0.2, 0) is 23.8 Å². The normalized spacial score (nSPS) is 21.4. The van der Waals surface area contributed by atoms with Gasteiger partial charge in [0.15, 0.2) is 11.3 Å². The minimum Gasteiger partial charge on any atom is -0.492 e. The Morgan fingerprint density at radius 2 is 2.27 bits per heavy atom. The molecule has 0 bridgehead atoms. The number of hydrogen-bond acceptors (Lipinski definition) is 8. The van der Waals surface area contributed by atoms with Gasteiger partial charge in [-0.05, 0) is 37.3 Å². The lowest BCUT2D eigenvalue weighted by molar-refractivity contribution is -0.139. The number of nitrogens with one attached hydrogen (secondary N) is 2. The number of ether oxygens (including phenoxy) is 3. The van der Waals surface area contributed by atoms with E-state index in [2.05, 4.69) is 15.3 Å². The van der Waals surface area contributed by atoms with Gasteiger partial charge in [0.2, 0.25) is 11.7 Å². The summed E-state index contributed by atoms with van der Waals surface area (Å²) >= 11 is 0. The van der Waals surface area contributed by atoms with Crippen LogP contribution >= 0.6 is 0 Å². The fraction of sp³-hybridized carbons (Fsp3) is 0.292. The molecule has 2 aromatic rings. The van der Waals surface area contributed by atoms with Gasteiger partial charge in [0.25, 0.3) is 0 Å². The van der Waals surface area contributed by atoms with Gasteiger partial charge < -0.3 is 29.6 Å². The molecular weight excluding hydrogens is 426 g/mol. The van der Waals surface area contributed by atoms with Crippen molar-refractivity contribution in [3.05, 3.63) is 71.3 Å². The van der Waals surface area contributed by atoms with Crippen molar-refractivity contribution in [3.8, 4) is 0 Å². The predicted octanol–water partition coefficient (Wildman–Crippen LogP) is 2.33. The Morgan fingerprint density at radius 1 is 1.42 bits per heavy atom. The van der Waals surface area contributed by atoms with Crippen molar-refractivity contribution >= 4 is 28.9 Å². The number of carbonyl (C=O) groups excluding carboxylic acids is 2. The number of hydrogen-bond donors (Lipinski definition) is 3. The molecule has 2 atom stereocenters. The van der Waals surface area contributed by atoms with E-state index in [-0.39, 0.29) is 49.0 Å². The number of nitrogens with zero attached hydrogens (tertiary/aromatic N) is 1. The summed E-state index contributed by atoms with van der Waals surface area (Å²) in [5.41, 5.74) is 1.22. The van der Waals surface area contributed by atoms with Gasteiger partial charge in [-0.3, -0.25) is 4.79 Å². The molecule has 0 spiro atoms. The molecule has 4 rings (SSSR count). The number of aromatic amines is 1. The highest BCUT2D eigenvalue weighted by Gasteiger charge is 2.38. The van der Waals surface area contributed by atoms with Crippen molar-refractivity contribution in [1.29, 1.82) is 0 Å². The van der Waals surface area contributed by atoms with Gasteiger partial charge in [-0.2, -0.15) is 0 Å². The van der Waals surface area contributed by atoms with Crippen LogP contribution in [0.3, 0.4) is 0 Å². The summed E-state index contributed by atoms with van der Waals surface area (Å²) in [5.74, 6) is -0.622. The molecule has 33 heavy (non-hydrogen) atoms. The van der Waals surface area contributed by atoms with Gasteiger partial charge in [-0.1, -0.05) is 13.0 Å². The van der Waals surface area contributed by atoms with Gasteiger partial charge in [-0.15, -0.1) is 0 Å². The number of Topliss-reactive ketones (excluding diaryl/α,β-unsaturated/α-hetero) is 1. The van der Waals surface area contributed by atoms with Crippen molar-refractivity contribution < 1.29 is 28.9 Å². The standard InChI is InChI=1S/C24H25N3O6/c1-3-31-24(30)20-21(29)19(12-15-13-26-22-17(15)5-4-8-25-22)33-23(20)27-18-7-6-16(11-14(18)2)32-10-9-28/h4-8,11-14,18,27-28H,3,9-10H2,1-2H3,(H,25,26)/b19-12-. The minimum atomic E-state index is -0.746. The smallest absolute Gasteiger partial charge is 0.347 e. The molecule has 3 N–H and O–H groups in total. The van der Waals surface area contributed by atoms with E-state index in [1.807, 2.05) is 25.1 Å². The molecule has 172 valence electrons. The molecule has 0 saturated heterocycles. The monoisotopic (exact) mass is 451 g/mol. The summed E-state index contributed by atoms with van der Waals surface area (Å²) in [6, 6.07) is 3.42. The second-order valence-electron chi connectivity index (χ2n) is 7.54. The fourth-order valence-corrected chi connectivity index (χ4v) is 3.64. The number of H-pyrrole nitrogens is 1.